The number of nitrogens with zero attached hydrogens (tertiary/aromatic N) is 4. The summed E-state index contributed by atoms with van der Waals surface area (Å²) >= 11 is 0. The van der Waals surface area contributed by atoms with Gasteiger partial charge in [0, 0.05) is 44.5 Å². The molecule has 2 fully saturated rings. The molecule has 2 saturated heterocycles. The third-order valence-corrected chi connectivity index (χ3v) is 6.68. The molecule has 0 N–H and O–H groups in total. The molecule has 0 aromatic carbocycles. The van der Waals surface area contributed by atoms with E-state index < -0.39 is 10.0 Å². The van der Waals surface area contributed by atoms with E-state index in [1.807, 2.05) is 19.1 Å². The Morgan fingerprint density at radius 1 is 1.29 bits per heavy atom. The Morgan fingerprint density at radius 3 is 2.71 bits per heavy atom. The number of morpholine rings is 1. The number of carbonyl (C=O) groups excluding carboxylic acids is 1. The minimum atomic E-state index is -3.34. The highest BCUT2D eigenvalue weighted by Gasteiger charge is 2.35. The predicted octanol–water partition coefficient (Wildman–Crippen LogP) is 0.588. The van der Waals surface area contributed by atoms with Crippen LogP contribution < -0.4 is 0 Å². The van der Waals surface area contributed by atoms with Crippen molar-refractivity contribution in [1.82, 2.24) is 19.1 Å². The molecule has 2 aliphatic rings. The van der Waals surface area contributed by atoms with Crippen molar-refractivity contribution in [2.45, 2.75) is 25.8 Å². The molecule has 28 heavy (non-hydrogen) atoms. The molecular formula is C19H30N4O4S. The van der Waals surface area contributed by atoms with Gasteiger partial charge in [-0.05, 0) is 38.4 Å². The largest absolute Gasteiger partial charge is 0.379 e. The normalized spacial score (nSPS) is 21.4. The Hall–Kier alpha value is -1.55. The molecule has 0 bridgehead atoms. The lowest BCUT2D eigenvalue weighted by Gasteiger charge is -2.30. The number of aromatic nitrogens is 1. The smallest absolute Gasteiger partial charge is 0.272 e. The topological polar surface area (TPSA) is 83.1 Å². The van der Waals surface area contributed by atoms with Gasteiger partial charge in [0.1, 0.15) is 5.69 Å². The maximum Gasteiger partial charge on any atom is 0.272 e. The zero-order chi connectivity index (χ0) is 20.1. The van der Waals surface area contributed by atoms with Crippen molar-refractivity contribution in [3.05, 3.63) is 29.6 Å². The fourth-order valence-corrected chi connectivity index (χ4v) is 5.05. The second kappa shape index (κ2) is 9.30. The fourth-order valence-electron chi connectivity index (χ4n) is 3.88. The van der Waals surface area contributed by atoms with E-state index in [0.29, 0.717) is 31.7 Å². The van der Waals surface area contributed by atoms with E-state index in [-0.39, 0.29) is 11.9 Å². The highest BCUT2D eigenvalue weighted by molar-refractivity contribution is 7.88. The summed E-state index contributed by atoms with van der Waals surface area (Å²) in [6, 6.07) is 5.20. The standard InChI is InChI=1S/C19H30N4O4S/c1-16-5-3-6-18(20-16)19(24)22-10-7-17(15-22)23(28(2,25)26)9-4-8-21-11-13-27-14-12-21/h3,5-6,17H,4,7-15H2,1-2H3. The lowest BCUT2D eigenvalue weighted by atomic mass is 10.2. The number of sulfonamides is 1. The van der Waals surface area contributed by atoms with E-state index in [1.165, 1.54) is 6.26 Å². The second-order valence-corrected chi connectivity index (χ2v) is 9.47. The van der Waals surface area contributed by atoms with Crippen LogP contribution in [0.2, 0.25) is 0 Å². The van der Waals surface area contributed by atoms with Gasteiger partial charge in [0.05, 0.1) is 19.5 Å². The van der Waals surface area contributed by atoms with Gasteiger partial charge in [-0.3, -0.25) is 9.69 Å². The quantitative estimate of drug-likeness (QED) is 0.654. The highest BCUT2D eigenvalue weighted by Crippen LogP contribution is 2.20. The highest BCUT2D eigenvalue weighted by atomic mass is 32.2. The molecule has 0 radical (unpaired) electrons. The van der Waals surface area contributed by atoms with Crippen LogP contribution in [0, 0.1) is 6.92 Å². The lowest BCUT2D eigenvalue weighted by Crippen LogP contribution is -2.44. The zero-order valence-electron chi connectivity index (χ0n) is 16.7. The molecule has 9 heteroatoms. The summed E-state index contributed by atoms with van der Waals surface area (Å²) in [5, 5.41) is 0. The average Bonchev–Trinajstić information content (AvgIpc) is 3.14. The minimum absolute atomic E-state index is 0.132. The summed E-state index contributed by atoms with van der Waals surface area (Å²) in [6.07, 6.45) is 2.69. The van der Waals surface area contributed by atoms with Crippen LogP contribution in [0.4, 0.5) is 0 Å². The number of aryl methyl sites for hydroxylation is 1. The van der Waals surface area contributed by atoms with Gasteiger partial charge in [-0.1, -0.05) is 6.07 Å². The van der Waals surface area contributed by atoms with Crippen molar-refractivity contribution in [1.29, 1.82) is 0 Å². The summed E-state index contributed by atoms with van der Waals surface area (Å²) in [5.74, 6) is -0.132. The monoisotopic (exact) mass is 410 g/mol. The molecule has 8 nitrogen and oxygen atoms in total. The molecule has 1 aromatic heterocycles. The van der Waals surface area contributed by atoms with Gasteiger partial charge < -0.3 is 9.64 Å². The molecule has 156 valence electrons. The van der Waals surface area contributed by atoms with Crippen LogP contribution in [-0.2, 0) is 14.8 Å². The molecule has 0 aliphatic carbocycles. The molecule has 0 saturated carbocycles. The molecule has 0 spiro atoms. The Kier molecular flexibility index (Phi) is 7.03. The molecule has 1 unspecified atom stereocenters. The van der Waals surface area contributed by atoms with Crippen LogP contribution in [0.1, 0.15) is 29.0 Å². The van der Waals surface area contributed by atoms with E-state index >= 15 is 0 Å². The van der Waals surface area contributed by atoms with Crippen molar-refractivity contribution in [2.75, 3.05) is 58.7 Å². The molecule has 2 aliphatic heterocycles. The third kappa shape index (κ3) is 5.50. The number of ether oxygens (including phenoxy) is 1. The first-order valence-corrected chi connectivity index (χ1v) is 11.7. The van der Waals surface area contributed by atoms with Crippen LogP contribution in [0.5, 0.6) is 0 Å². The van der Waals surface area contributed by atoms with E-state index in [4.69, 9.17) is 4.74 Å². The van der Waals surface area contributed by atoms with Gasteiger partial charge in [0.15, 0.2) is 0 Å². The number of likely N-dealkylation sites (tertiary alicyclic amines) is 1. The first-order chi connectivity index (χ1) is 13.3. The second-order valence-electron chi connectivity index (χ2n) is 7.54. The van der Waals surface area contributed by atoms with Crippen LogP contribution in [-0.4, -0.2) is 98.2 Å². The van der Waals surface area contributed by atoms with Crippen molar-refractivity contribution in [3.63, 3.8) is 0 Å². The summed E-state index contributed by atoms with van der Waals surface area (Å²) in [5.41, 5.74) is 1.21. The number of hydrogen-bond donors (Lipinski definition) is 0. The van der Waals surface area contributed by atoms with E-state index in [9.17, 15) is 13.2 Å². The number of carbonyl (C=O) groups is 1. The van der Waals surface area contributed by atoms with E-state index in [0.717, 1.165) is 45.0 Å². The van der Waals surface area contributed by atoms with E-state index in [1.54, 1.807) is 15.3 Å². The molecular weight excluding hydrogens is 380 g/mol. The minimum Gasteiger partial charge on any atom is -0.379 e. The fraction of sp³-hybridized carbons (Fsp3) is 0.684. The van der Waals surface area contributed by atoms with Gasteiger partial charge in [0.25, 0.3) is 5.91 Å². The Balaban J connectivity index is 1.58. The zero-order valence-corrected chi connectivity index (χ0v) is 17.5. The molecule has 3 heterocycles. The first kappa shape index (κ1) is 21.2. The van der Waals surface area contributed by atoms with Crippen molar-refractivity contribution >= 4 is 15.9 Å². The SMILES string of the molecule is Cc1cccc(C(=O)N2CCC(N(CCCN3CCOCC3)S(C)(=O)=O)C2)n1. The average molecular weight is 411 g/mol. The van der Waals surface area contributed by atoms with Crippen molar-refractivity contribution < 1.29 is 17.9 Å². The number of pyridine rings is 1. The summed E-state index contributed by atoms with van der Waals surface area (Å²) in [4.78, 5) is 21.0. The molecule has 1 amide bonds. The summed E-state index contributed by atoms with van der Waals surface area (Å²) in [6.45, 7) is 7.42. The van der Waals surface area contributed by atoms with Crippen LogP contribution in [0.15, 0.2) is 18.2 Å². The summed E-state index contributed by atoms with van der Waals surface area (Å²) in [7, 11) is -3.34. The maximum absolute atomic E-state index is 12.7. The Morgan fingerprint density at radius 2 is 2.04 bits per heavy atom. The Labute approximate surface area is 167 Å². The number of hydrogen-bond acceptors (Lipinski definition) is 6. The van der Waals surface area contributed by atoms with Crippen LogP contribution >= 0.6 is 0 Å². The molecule has 1 atom stereocenters. The van der Waals surface area contributed by atoms with Crippen molar-refractivity contribution in [2.24, 2.45) is 0 Å². The summed E-state index contributed by atoms with van der Waals surface area (Å²) < 4.78 is 31.7. The van der Waals surface area contributed by atoms with E-state index in [2.05, 4.69) is 9.88 Å². The van der Waals surface area contributed by atoms with Gasteiger partial charge >= 0.3 is 0 Å². The lowest BCUT2D eigenvalue weighted by molar-refractivity contribution is 0.0366. The Bertz CT molecular complexity index is 780. The number of rotatable bonds is 7. The van der Waals surface area contributed by atoms with Gasteiger partial charge in [0.2, 0.25) is 10.0 Å². The van der Waals surface area contributed by atoms with Crippen molar-refractivity contribution in [3.8, 4) is 0 Å². The molecule has 3 rings (SSSR count). The predicted molar refractivity (Wildman–Crippen MR) is 107 cm³/mol. The van der Waals surface area contributed by atoms with Crippen LogP contribution in [0.3, 0.4) is 0 Å². The number of amides is 1. The van der Waals surface area contributed by atoms with Gasteiger partial charge in [-0.15, -0.1) is 0 Å². The van der Waals surface area contributed by atoms with Crippen LogP contribution in [0.25, 0.3) is 0 Å². The van der Waals surface area contributed by atoms with Gasteiger partial charge in [-0.2, -0.15) is 4.31 Å². The third-order valence-electron chi connectivity index (χ3n) is 5.35. The maximum atomic E-state index is 12.7. The molecule has 1 aromatic rings. The van der Waals surface area contributed by atoms with Gasteiger partial charge in [-0.25, -0.2) is 13.4 Å². The first-order valence-electron chi connectivity index (χ1n) is 9.84.